The average Bonchev–Trinajstić information content (AvgIpc) is 3.35. The van der Waals surface area contributed by atoms with E-state index < -0.39 is 0 Å². The molecule has 3 aromatic rings. The maximum absolute atomic E-state index is 12.9. The third kappa shape index (κ3) is 3.85. The molecular weight excluding hydrogens is 368 g/mol. The fourth-order valence-electron chi connectivity index (χ4n) is 3.53. The van der Waals surface area contributed by atoms with Crippen molar-refractivity contribution in [2.24, 2.45) is 0 Å². The van der Waals surface area contributed by atoms with Gasteiger partial charge in [0.25, 0.3) is 5.91 Å². The predicted octanol–water partition coefficient (Wildman–Crippen LogP) is 4.46. The molecule has 1 N–H and O–H groups in total. The summed E-state index contributed by atoms with van der Waals surface area (Å²) in [5.41, 5.74) is 4.02. The molecule has 2 amide bonds. The van der Waals surface area contributed by atoms with E-state index >= 15 is 0 Å². The minimum absolute atomic E-state index is 0.000310. The van der Waals surface area contributed by atoms with Crippen molar-refractivity contribution >= 4 is 23.2 Å². The van der Waals surface area contributed by atoms with Crippen LogP contribution in [0.5, 0.6) is 0 Å². The summed E-state index contributed by atoms with van der Waals surface area (Å²) in [4.78, 5) is 28.5. The number of thiophene rings is 1. The summed E-state index contributed by atoms with van der Waals surface area (Å²) in [7, 11) is 0. The van der Waals surface area contributed by atoms with E-state index in [1.807, 2.05) is 77.9 Å². The molecule has 4 rings (SSSR count). The van der Waals surface area contributed by atoms with Crippen molar-refractivity contribution in [1.82, 2.24) is 10.2 Å². The molecule has 1 atom stereocenters. The first kappa shape index (κ1) is 18.4. The highest BCUT2D eigenvalue weighted by Crippen LogP contribution is 2.35. The normalized spacial score (nSPS) is 14.0. The lowest BCUT2D eigenvalue weighted by atomic mass is 10.1. The topological polar surface area (TPSA) is 49.4 Å². The van der Waals surface area contributed by atoms with Crippen LogP contribution in [0.25, 0.3) is 0 Å². The number of carbonyl (C=O) groups is 2. The van der Waals surface area contributed by atoms with Gasteiger partial charge in [0.15, 0.2) is 0 Å². The monoisotopic (exact) mass is 390 g/mol. The van der Waals surface area contributed by atoms with Crippen LogP contribution in [-0.4, -0.2) is 16.7 Å². The number of nitrogens with one attached hydrogen (secondary N) is 1. The van der Waals surface area contributed by atoms with Crippen LogP contribution < -0.4 is 5.32 Å². The fraction of sp³-hybridized carbons (Fsp3) is 0.217. The number of benzene rings is 2. The second-order valence-corrected chi connectivity index (χ2v) is 8.07. The SMILES string of the molecule is Cc1ccc(CNC(=O)C[C@@H](c2cccs2)N2Cc3ccccc3C2=O)cc1. The van der Waals surface area contributed by atoms with Gasteiger partial charge in [-0.05, 0) is 35.6 Å². The van der Waals surface area contributed by atoms with Gasteiger partial charge in [-0.1, -0.05) is 54.1 Å². The minimum atomic E-state index is -0.252. The van der Waals surface area contributed by atoms with Gasteiger partial charge >= 0.3 is 0 Å². The zero-order valence-corrected chi connectivity index (χ0v) is 16.5. The summed E-state index contributed by atoms with van der Waals surface area (Å²) in [6, 6.07) is 19.5. The van der Waals surface area contributed by atoms with Gasteiger partial charge in [-0.15, -0.1) is 11.3 Å². The highest BCUT2D eigenvalue weighted by molar-refractivity contribution is 7.10. The smallest absolute Gasteiger partial charge is 0.255 e. The van der Waals surface area contributed by atoms with Crippen molar-refractivity contribution in [3.8, 4) is 0 Å². The average molecular weight is 391 g/mol. The van der Waals surface area contributed by atoms with Crippen LogP contribution in [0.15, 0.2) is 66.0 Å². The van der Waals surface area contributed by atoms with Crippen molar-refractivity contribution < 1.29 is 9.59 Å². The third-order valence-corrected chi connectivity index (χ3v) is 6.06. The van der Waals surface area contributed by atoms with E-state index in [0.29, 0.717) is 13.1 Å². The lowest BCUT2D eigenvalue weighted by Crippen LogP contribution is -2.33. The molecule has 0 spiro atoms. The summed E-state index contributed by atoms with van der Waals surface area (Å²) >= 11 is 1.58. The molecule has 0 fully saturated rings. The van der Waals surface area contributed by atoms with Gasteiger partial charge in [0, 0.05) is 23.5 Å². The Bertz CT molecular complexity index is 980. The lowest BCUT2D eigenvalue weighted by molar-refractivity contribution is -0.122. The van der Waals surface area contributed by atoms with E-state index in [9.17, 15) is 9.59 Å². The Morgan fingerprint density at radius 3 is 2.61 bits per heavy atom. The molecule has 2 aromatic carbocycles. The van der Waals surface area contributed by atoms with Gasteiger partial charge in [0.2, 0.25) is 5.91 Å². The first-order valence-corrected chi connectivity index (χ1v) is 10.2. The summed E-state index contributed by atoms with van der Waals surface area (Å²) in [6.45, 7) is 3.08. The maximum Gasteiger partial charge on any atom is 0.255 e. The summed E-state index contributed by atoms with van der Waals surface area (Å²) in [6.07, 6.45) is 0.256. The lowest BCUT2D eigenvalue weighted by Gasteiger charge is -2.26. The van der Waals surface area contributed by atoms with E-state index in [-0.39, 0.29) is 24.3 Å². The molecule has 0 saturated carbocycles. The van der Waals surface area contributed by atoms with Gasteiger partial charge in [0.1, 0.15) is 0 Å². The number of fused-ring (bicyclic) bond motifs is 1. The molecule has 2 heterocycles. The Hall–Kier alpha value is -2.92. The highest BCUT2D eigenvalue weighted by atomic mass is 32.1. The number of hydrogen-bond acceptors (Lipinski definition) is 3. The molecular formula is C23H22N2O2S. The number of nitrogens with zero attached hydrogens (tertiary/aromatic N) is 1. The molecule has 0 saturated heterocycles. The number of rotatable bonds is 6. The first-order chi connectivity index (χ1) is 13.6. The molecule has 28 heavy (non-hydrogen) atoms. The van der Waals surface area contributed by atoms with Gasteiger partial charge in [-0.25, -0.2) is 0 Å². The molecule has 0 radical (unpaired) electrons. The summed E-state index contributed by atoms with van der Waals surface area (Å²) in [5.74, 6) is -0.0527. The van der Waals surface area contributed by atoms with Crippen molar-refractivity contribution in [3.05, 3.63) is 93.2 Å². The highest BCUT2D eigenvalue weighted by Gasteiger charge is 2.34. The number of carbonyl (C=O) groups excluding carboxylic acids is 2. The molecule has 0 bridgehead atoms. The van der Waals surface area contributed by atoms with Crippen molar-refractivity contribution in [3.63, 3.8) is 0 Å². The minimum Gasteiger partial charge on any atom is -0.352 e. The van der Waals surface area contributed by atoms with Crippen LogP contribution >= 0.6 is 11.3 Å². The number of amides is 2. The Labute approximate surface area is 168 Å². The second-order valence-electron chi connectivity index (χ2n) is 7.09. The third-order valence-electron chi connectivity index (χ3n) is 5.09. The van der Waals surface area contributed by atoms with E-state index in [4.69, 9.17) is 0 Å². The zero-order valence-electron chi connectivity index (χ0n) is 15.7. The molecule has 142 valence electrons. The fourth-order valence-corrected chi connectivity index (χ4v) is 4.37. The van der Waals surface area contributed by atoms with Crippen molar-refractivity contribution in [2.45, 2.75) is 32.5 Å². The van der Waals surface area contributed by atoms with Crippen LogP contribution in [-0.2, 0) is 17.9 Å². The quantitative estimate of drug-likeness (QED) is 0.676. The molecule has 1 aromatic heterocycles. The number of aryl methyl sites for hydroxylation is 1. The molecule has 4 nitrogen and oxygen atoms in total. The molecule has 0 aliphatic carbocycles. The molecule has 0 unspecified atom stereocenters. The standard InChI is InChI=1S/C23H22N2O2S/c1-16-8-10-17(11-9-16)14-24-22(26)13-20(21-7-4-12-28-21)25-15-18-5-2-3-6-19(18)23(25)27/h2-12,20H,13-15H2,1H3,(H,24,26)/t20-/m0/s1. The predicted molar refractivity (Wildman–Crippen MR) is 111 cm³/mol. The largest absolute Gasteiger partial charge is 0.352 e. The van der Waals surface area contributed by atoms with Gasteiger partial charge in [-0.3, -0.25) is 9.59 Å². The zero-order chi connectivity index (χ0) is 19.5. The van der Waals surface area contributed by atoms with Crippen LogP contribution in [0.1, 0.15) is 44.4 Å². The summed E-state index contributed by atoms with van der Waals surface area (Å²) in [5, 5.41) is 4.98. The van der Waals surface area contributed by atoms with Crippen LogP contribution in [0.3, 0.4) is 0 Å². The van der Waals surface area contributed by atoms with Crippen molar-refractivity contribution in [1.29, 1.82) is 0 Å². The second kappa shape index (κ2) is 7.98. The van der Waals surface area contributed by atoms with Crippen LogP contribution in [0, 0.1) is 6.92 Å². The van der Waals surface area contributed by atoms with Gasteiger partial charge in [-0.2, -0.15) is 0 Å². The van der Waals surface area contributed by atoms with Crippen LogP contribution in [0.4, 0.5) is 0 Å². The van der Waals surface area contributed by atoms with Crippen LogP contribution in [0.2, 0.25) is 0 Å². The van der Waals surface area contributed by atoms with E-state index in [0.717, 1.165) is 21.6 Å². The Morgan fingerprint density at radius 1 is 1.11 bits per heavy atom. The number of hydrogen-bond donors (Lipinski definition) is 1. The van der Waals surface area contributed by atoms with Crippen molar-refractivity contribution in [2.75, 3.05) is 0 Å². The maximum atomic E-state index is 12.9. The van der Waals surface area contributed by atoms with E-state index in [1.54, 1.807) is 11.3 Å². The molecule has 1 aliphatic rings. The Balaban J connectivity index is 1.48. The van der Waals surface area contributed by atoms with Gasteiger partial charge in [0.05, 0.1) is 12.5 Å². The van der Waals surface area contributed by atoms with E-state index in [2.05, 4.69) is 5.32 Å². The van der Waals surface area contributed by atoms with E-state index in [1.165, 1.54) is 5.56 Å². The Kier molecular flexibility index (Phi) is 5.26. The molecule has 1 aliphatic heterocycles. The molecule has 5 heteroatoms. The Morgan fingerprint density at radius 2 is 1.89 bits per heavy atom. The summed E-state index contributed by atoms with van der Waals surface area (Å²) < 4.78 is 0. The van der Waals surface area contributed by atoms with Gasteiger partial charge < -0.3 is 10.2 Å². The first-order valence-electron chi connectivity index (χ1n) is 9.36.